The van der Waals surface area contributed by atoms with E-state index >= 15 is 0 Å². The zero-order chi connectivity index (χ0) is 23.1. The molecule has 1 aliphatic heterocycles. The Kier molecular flexibility index (Phi) is 5.05. The van der Waals surface area contributed by atoms with Gasteiger partial charge in [0, 0.05) is 12.1 Å². The van der Waals surface area contributed by atoms with Crippen molar-refractivity contribution in [3.05, 3.63) is 94.7 Å². The molecule has 2 aromatic carbocycles. The van der Waals surface area contributed by atoms with E-state index in [1.807, 2.05) is 31.2 Å². The second kappa shape index (κ2) is 8.05. The van der Waals surface area contributed by atoms with E-state index in [0.717, 1.165) is 27.2 Å². The Bertz CT molecular complexity index is 1370. The minimum Gasteiger partial charge on any atom is -0.619 e. The Balaban J connectivity index is 1.65. The Morgan fingerprint density at radius 2 is 1.73 bits per heavy atom. The number of ether oxygens (including phenoxy) is 1. The maximum atomic E-state index is 13.1. The molecule has 3 heterocycles. The molecule has 33 heavy (non-hydrogen) atoms. The Hall–Kier alpha value is -4.20. The van der Waals surface area contributed by atoms with Crippen molar-refractivity contribution in [3.63, 3.8) is 0 Å². The fourth-order valence-corrected chi connectivity index (χ4v) is 4.50. The van der Waals surface area contributed by atoms with Crippen LogP contribution in [0.1, 0.15) is 39.0 Å². The van der Waals surface area contributed by atoms with Crippen LogP contribution in [0.25, 0.3) is 11.0 Å². The fraction of sp³-hybridized carbons (Fsp3) is 0.200. The Labute approximate surface area is 190 Å². The van der Waals surface area contributed by atoms with E-state index in [0.29, 0.717) is 30.0 Å². The molecule has 0 saturated carbocycles. The first-order valence-electron chi connectivity index (χ1n) is 10.7. The molecule has 0 atom stereocenters. The standard InChI is InChI=1S/C25H23N4O4/c1-3-27-22-13-18(33-2)10-11-21(22)28(15-17-7-6-12-26(32)14-17)23(27)16-29-24(30)19-8-4-5-9-20(19)25(29)31/h4-14H,3,15-16H2,1-2H3/q+1. The van der Waals surface area contributed by atoms with Crippen LogP contribution in [0.3, 0.4) is 0 Å². The highest BCUT2D eigenvalue weighted by molar-refractivity contribution is 6.21. The average molecular weight is 443 g/mol. The van der Waals surface area contributed by atoms with Gasteiger partial charge in [-0.25, -0.2) is 9.13 Å². The van der Waals surface area contributed by atoms with Crippen LogP contribution in [0.15, 0.2) is 67.0 Å². The van der Waals surface area contributed by atoms with E-state index in [1.54, 1.807) is 37.4 Å². The van der Waals surface area contributed by atoms with E-state index in [-0.39, 0.29) is 18.4 Å². The highest BCUT2D eigenvalue weighted by atomic mass is 16.5. The lowest BCUT2D eigenvalue weighted by Gasteiger charge is -2.13. The quantitative estimate of drug-likeness (QED) is 0.260. The number of rotatable bonds is 6. The van der Waals surface area contributed by atoms with Crippen molar-refractivity contribution in [2.24, 2.45) is 0 Å². The zero-order valence-electron chi connectivity index (χ0n) is 18.4. The van der Waals surface area contributed by atoms with Crippen LogP contribution < -0.4 is 14.0 Å². The second-order valence-corrected chi connectivity index (χ2v) is 7.92. The number of imidazole rings is 1. The SMILES string of the molecule is CCn1c(CN2C(=O)c3ccccc3C2=O)[n+](Cc2ccc[n+]([O-])c2)c2ccc(OC)cc21. The fourth-order valence-electron chi connectivity index (χ4n) is 4.50. The summed E-state index contributed by atoms with van der Waals surface area (Å²) in [4.78, 5) is 27.4. The minimum absolute atomic E-state index is 0.112. The number of hydrogen-bond donors (Lipinski definition) is 0. The molecule has 4 aromatic rings. The molecule has 0 radical (unpaired) electrons. The number of imide groups is 1. The van der Waals surface area contributed by atoms with Crippen molar-refractivity contribution in [1.82, 2.24) is 9.47 Å². The number of amides is 2. The smallest absolute Gasteiger partial charge is 0.278 e. The zero-order valence-corrected chi connectivity index (χ0v) is 18.4. The van der Waals surface area contributed by atoms with E-state index < -0.39 is 0 Å². The normalized spacial score (nSPS) is 13.1. The van der Waals surface area contributed by atoms with Crippen molar-refractivity contribution in [1.29, 1.82) is 0 Å². The van der Waals surface area contributed by atoms with Crippen LogP contribution in [0, 0.1) is 5.21 Å². The molecule has 0 fully saturated rings. The lowest BCUT2D eigenvalue weighted by Crippen LogP contribution is -2.43. The molecule has 0 bridgehead atoms. The van der Waals surface area contributed by atoms with Gasteiger partial charge >= 0.3 is 0 Å². The first-order valence-corrected chi connectivity index (χ1v) is 10.7. The number of benzene rings is 2. The maximum absolute atomic E-state index is 13.1. The molecule has 0 aliphatic carbocycles. The number of pyridine rings is 1. The molecule has 166 valence electrons. The highest BCUT2D eigenvalue weighted by Gasteiger charge is 2.38. The second-order valence-electron chi connectivity index (χ2n) is 7.92. The van der Waals surface area contributed by atoms with E-state index in [9.17, 15) is 14.8 Å². The summed E-state index contributed by atoms with van der Waals surface area (Å²) < 4.78 is 10.3. The third kappa shape index (κ3) is 3.40. The number of hydrogen-bond acceptors (Lipinski definition) is 4. The third-order valence-corrected chi connectivity index (χ3v) is 6.06. The van der Waals surface area contributed by atoms with Gasteiger partial charge in [-0.15, -0.1) is 0 Å². The number of aromatic nitrogens is 3. The molecular weight excluding hydrogens is 420 g/mol. The van der Waals surface area contributed by atoms with E-state index in [1.165, 1.54) is 17.3 Å². The molecule has 8 nitrogen and oxygen atoms in total. The van der Waals surface area contributed by atoms with Crippen LogP contribution in [-0.4, -0.2) is 28.4 Å². The van der Waals surface area contributed by atoms with Gasteiger partial charge in [0.1, 0.15) is 18.8 Å². The van der Waals surface area contributed by atoms with Crippen LogP contribution >= 0.6 is 0 Å². The predicted molar refractivity (Wildman–Crippen MR) is 120 cm³/mol. The third-order valence-electron chi connectivity index (χ3n) is 6.06. The van der Waals surface area contributed by atoms with Crippen molar-refractivity contribution < 1.29 is 23.6 Å². The van der Waals surface area contributed by atoms with Gasteiger partial charge in [-0.2, -0.15) is 4.73 Å². The molecule has 1 aliphatic rings. The van der Waals surface area contributed by atoms with Gasteiger partial charge in [0.2, 0.25) is 0 Å². The summed E-state index contributed by atoms with van der Waals surface area (Å²) in [7, 11) is 1.62. The maximum Gasteiger partial charge on any atom is 0.278 e. The van der Waals surface area contributed by atoms with Gasteiger partial charge in [-0.05, 0) is 37.3 Å². The number of carbonyl (C=O) groups excluding carboxylic acids is 2. The highest BCUT2D eigenvalue weighted by Crippen LogP contribution is 2.26. The summed E-state index contributed by atoms with van der Waals surface area (Å²) >= 11 is 0. The topological polar surface area (TPSA) is 82.4 Å². The Morgan fingerprint density at radius 3 is 2.36 bits per heavy atom. The van der Waals surface area contributed by atoms with Gasteiger partial charge in [0.05, 0.1) is 30.3 Å². The number of methoxy groups -OCH3 is 1. The molecule has 0 spiro atoms. The largest absolute Gasteiger partial charge is 0.619 e. The van der Waals surface area contributed by atoms with E-state index in [4.69, 9.17) is 4.74 Å². The van der Waals surface area contributed by atoms with Crippen LogP contribution in [0.2, 0.25) is 0 Å². The minimum atomic E-state index is -0.301. The summed E-state index contributed by atoms with van der Waals surface area (Å²) in [6.45, 7) is 3.17. The lowest BCUT2D eigenvalue weighted by molar-refractivity contribution is -0.674. The molecular formula is C25H23N4O4+. The Morgan fingerprint density at radius 1 is 1.00 bits per heavy atom. The van der Waals surface area contributed by atoms with Crippen LogP contribution in [0.5, 0.6) is 5.75 Å². The van der Waals surface area contributed by atoms with Crippen molar-refractivity contribution in [2.45, 2.75) is 26.6 Å². The summed E-state index contributed by atoms with van der Waals surface area (Å²) in [5.74, 6) is 0.900. The molecule has 0 unspecified atom stereocenters. The number of fused-ring (bicyclic) bond motifs is 2. The van der Waals surface area contributed by atoms with Gasteiger partial charge < -0.3 is 9.94 Å². The van der Waals surface area contributed by atoms with Crippen LogP contribution in [-0.2, 0) is 19.6 Å². The molecule has 5 rings (SSSR count). The van der Waals surface area contributed by atoms with Gasteiger partial charge in [-0.1, -0.05) is 12.1 Å². The summed E-state index contributed by atoms with van der Waals surface area (Å²) in [6.07, 6.45) is 2.96. The lowest BCUT2D eigenvalue weighted by atomic mass is 10.1. The van der Waals surface area contributed by atoms with Crippen LogP contribution in [0.4, 0.5) is 0 Å². The van der Waals surface area contributed by atoms with Gasteiger partial charge in [0.15, 0.2) is 23.4 Å². The van der Waals surface area contributed by atoms with Gasteiger partial charge in [-0.3, -0.25) is 14.5 Å². The number of nitrogens with zero attached hydrogens (tertiary/aromatic N) is 4. The molecule has 2 aromatic heterocycles. The van der Waals surface area contributed by atoms with Gasteiger partial charge in [0.25, 0.3) is 17.6 Å². The first kappa shape index (κ1) is 20.7. The number of carbonyl (C=O) groups is 2. The molecule has 8 heteroatoms. The van der Waals surface area contributed by atoms with Crippen molar-refractivity contribution in [2.75, 3.05) is 7.11 Å². The summed E-state index contributed by atoms with van der Waals surface area (Å²) in [5, 5.41) is 11.9. The van der Waals surface area contributed by atoms with Crippen molar-refractivity contribution in [3.8, 4) is 5.75 Å². The number of aryl methyl sites for hydroxylation is 1. The monoisotopic (exact) mass is 443 g/mol. The van der Waals surface area contributed by atoms with Crippen molar-refractivity contribution >= 4 is 22.8 Å². The first-order chi connectivity index (χ1) is 16.0. The summed E-state index contributed by atoms with van der Waals surface area (Å²) in [5.41, 5.74) is 3.50. The molecule has 0 N–H and O–H groups in total. The predicted octanol–water partition coefficient (Wildman–Crippen LogP) is 2.44. The molecule has 0 saturated heterocycles. The molecule has 2 amide bonds. The summed E-state index contributed by atoms with van der Waals surface area (Å²) in [6, 6.07) is 16.2. The average Bonchev–Trinajstić information content (AvgIpc) is 3.25. The van der Waals surface area contributed by atoms with E-state index in [2.05, 4.69) is 9.13 Å².